The SMILES string of the molecule is COC(=O)N[C@H](C(=O)N1CCC[C@H]1c1ncc(-c2ccc(C#Cc3ccc(-c4cnc([C@@H]5[C@@H]6CC[C@H](C6)N5C(=O)[C@@H](NC(=O)OC)C(C)C)[nH]4)cc3)cc2)[nH]1)C(C)C. The molecule has 1 saturated carbocycles. The highest BCUT2D eigenvalue weighted by molar-refractivity contribution is 5.87. The lowest BCUT2D eigenvalue weighted by atomic mass is 9.95. The molecule has 4 amide bonds. The zero-order valence-electron chi connectivity index (χ0n) is 33.9. The highest BCUT2D eigenvalue weighted by Gasteiger charge is 2.51. The minimum absolute atomic E-state index is 0.0996. The molecule has 0 spiro atoms. The molecule has 3 aliphatic rings. The number of aromatic amines is 2. The van der Waals surface area contributed by atoms with E-state index in [1.165, 1.54) is 14.2 Å². The summed E-state index contributed by atoms with van der Waals surface area (Å²) in [5.41, 5.74) is 5.34. The Morgan fingerprint density at radius 2 is 1.24 bits per heavy atom. The highest BCUT2D eigenvalue weighted by atomic mass is 16.5. The van der Waals surface area contributed by atoms with Crippen molar-refractivity contribution in [3.05, 3.63) is 83.7 Å². The number of fused-ring (bicyclic) bond motifs is 2. The van der Waals surface area contributed by atoms with E-state index in [2.05, 4.69) is 37.4 Å². The molecule has 4 heterocycles. The molecule has 2 aromatic heterocycles. The number of likely N-dealkylation sites (tertiary alicyclic amines) is 2. The number of ether oxygens (including phenoxy) is 2. The fraction of sp³-hybridized carbons (Fsp3) is 0.455. The van der Waals surface area contributed by atoms with Gasteiger partial charge in [-0.15, -0.1) is 0 Å². The van der Waals surface area contributed by atoms with Gasteiger partial charge in [0.2, 0.25) is 11.8 Å². The monoisotopic (exact) mass is 788 g/mol. The number of rotatable bonds is 10. The molecule has 0 radical (unpaired) electrons. The number of hydrogen-bond acceptors (Lipinski definition) is 8. The molecule has 2 aliphatic heterocycles. The molecule has 0 unspecified atom stereocenters. The van der Waals surface area contributed by atoms with Crippen molar-refractivity contribution in [1.82, 2.24) is 40.4 Å². The second kappa shape index (κ2) is 17.2. The predicted octanol–water partition coefficient (Wildman–Crippen LogP) is 6.34. The van der Waals surface area contributed by atoms with Crippen molar-refractivity contribution in [3.63, 3.8) is 0 Å². The first-order valence-electron chi connectivity index (χ1n) is 20.1. The average Bonchev–Trinajstić information content (AvgIpc) is 4.09. The van der Waals surface area contributed by atoms with Crippen LogP contribution in [0, 0.1) is 29.6 Å². The Morgan fingerprint density at radius 1 is 0.724 bits per heavy atom. The number of imidazole rings is 2. The number of piperidine rings is 1. The molecule has 2 saturated heterocycles. The number of hydrogen-bond donors (Lipinski definition) is 4. The fourth-order valence-electron chi connectivity index (χ4n) is 8.61. The van der Waals surface area contributed by atoms with Crippen LogP contribution in [0.15, 0.2) is 60.9 Å². The van der Waals surface area contributed by atoms with Crippen LogP contribution < -0.4 is 10.6 Å². The molecule has 4 aromatic rings. The van der Waals surface area contributed by atoms with Crippen LogP contribution in [-0.4, -0.2) is 92.6 Å². The average molecular weight is 789 g/mol. The van der Waals surface area contributed by atoms with Gasteiger partial charge >= 0.3 is 12.2 Å². The Labute approximate surface area is 338 Å². The number of carbonyl (C=O) groups is 4. The van der Waals surface area contributed by atoms with E-state index in [1.54, 1.807) is 11.1 Å². The summed E-state index contributed by atoms with van der Waals surface area (Å²) in [6.45, 7) is 8.23. The summed E-state index contributed by atoms with van der Waals surface area (Å²) in [6, 6.07) is 14.3. The third-order valence-electron chi connectivity index (χ3n) is 11.7. The van der Waals surface area contributed by atoms with E-state index in [1.807, 2.05) is 87.3 Å². The van der Waals surface area contributed by atoms with Gasteiger partial charge in [-0.1, -0.05) is 63.8 Å². The molecule has 7 rings (SSSR count). The van der Waals surface area contributed by atoms with Gasteiger partial charge < -0.3 is 39.9 Å². The molecule has 6 atom stereocenters. The molecule has 2 aromatic carbocycles. The molecule has 58 heavy (non-hydrogen) atoms. The first-order valence-corrected chi connectivity index (χ1v) is 20.1. The number of amides is 4. The topological polar surface area (TPSA) is 175 Å². The van der Waals surface area contributed by atoms with E-state index in [0.717, 1.165) is 71.6 Å². The van der Waals surface area contributed by atoms with Gasteiger partial charge in [0.1, 0.15) is 23.7 Å². The smallest absolute Gasteiger partial charge is 0.407 e. The largest absolute Gasteiger partial charge is 0.453 e. The summed E-state index contributed by atoms with van der Waals surface area (Å²) in [4.78, 5) is 71.5. The number of alkyl carbamates (subject to hydrolysis) is 2. The fourth-order valence-corrected chi connectivity index (χ4v) is 8.61. The molecule has 14 nitrogen and oxygen atoms in total. The molecule has 2 bridgehead atoms. The Morgan fingerprint density at radius 3 is 1.78 bits per heavy atom. The van der Waals surface area contributed by atoms with Crippen molar-refractivity contribution in [1.29, 1.82) is 0 Å². The summed E-state index contributed by atoms with van der Waals surface area (Å²) in [6.07, 6.45) is 6.90. The van der Waals surface area contributed by atoms with E-state index < -0.39 is 24.3 Å². The van der Waals surface area contributed by atoms with Crippen LogP contribution in [0.3, 0.4) is 0 Å². The van der Waals surface area contributed by atoms with Crippen LogP contribution >= 0.6 is 0 Å². The lowest BCUT2D eigenvalue weighted by molar-refractivity contribution is -0.139. The molecule has 304 valence electrons. The number of benzene rings is 2. The van der Waals surface area contributed by atoms with Gasteiger partial charge in [0.15, 0.2) is 0 Å². The van der Waals surface area contributed by atoms with Crippen molar-refractivity contribution < 1.29 is 28.7 Å². The number of aromatic nitrogens is 4. The van der Waals surface area contributed by atoms with Crippen LogP contribution in [-0.2, 0) is 19.1 Å². The minimum atomic E-state index is -0.690. The van der Waals surface area contributed by atoms with E-state index in [9.17, 15) is 19.2 Å². The Hall–Kier alpha value is -6.10. The van der Waals surface area contributed by atoms with Gasteiger partial charge in [-0.3, -0.25) is 9.59 Å². The summed E-state index contributed by atoms with van der Waals surface area (Å²) in [5, 5.41) is 5.44. The quantitative estimate of drug-likeness (QED) is 0.135. The summed E-state index contributed by atoms with van der Waals surface area (Å²) in [5.74, 6) is 7.85. The number of carbonyl (C=O) groups excluding carboxylic acids is 4. The normalized spacial score (nSPS) is 20.8. The number of H-pyrrole nitrogens is 2. The third-order valence-corrected chi connectivity index (χ3v) is 11.7. The van der Waals surface area contributed by atoms with E-state index in [0.29, 0.717) is 18.3 Å². The third kappa shape index (κ3) is 8.30. The summed E-state index contributed by atoms with van der Waals surface area (Å²) >= 11 is 0. The van der Waals surface area contributed by atoms with Gasteiger partial charge in [0.05, 0.1) is 50.1 Å². The van der Waals surface area contributed by atoms with Crippen LogP contribution in [0.4, 0.5) is 9.59 Å². The lowest BCUT2D eigenvalue weighted by Gasteiger charge is -2.37. The number of nitrogens with one attached hydrogen (secondary N) is 4. The van der Waals surface area contributed by atoms with Gasteiger partial charge in [0, 0.05) is 23.7 Å². The maximum atomic E-state index is 13.9. The van der Waals surface area contributed by atoms with Crippen LogP contribution in [0.2, 0.25) is 0 Å². The predicted molar refractivity (Wildman–Crippen MR) is 217 cm³/mol. The van der Waals surface area contributed by atoms with Gasteiger partial charge in [-0.2, -0.15) is 0 Å². The zero-order valence-corrected chi connectivity index (χ0v) is 33.9. The number of nitrogens with zero attached hydrogens (tertiary/aromatic N) is 4. The standard InChI is InChI=1S/C44H52N8O6/c1-25(2)36(49-43(55)57-5)41(53)51-21-7-8-35(51)39-45-23-33(47-39)29-15-11-27(12-16-29)9-10-28-13-17-30(18-14-28)34-24-46-40(48-34)38-31-19-20-32(22-31)52(38)42(54)37(26(3)4)50-44(56)58-6/h11-18,23-26,31-32,35-38H,7-8,19-22H2,1-6H3,(H,45,47)(H,46,48)(H,49,55)(H,50,56)/t31-,32-,35+,36+,37+,38+/m1/s1. The van der Waals surface area contributed by atoms with Crippen molar-refractivity contribution >= 4 is 24.0 Å². The Kier molecular flexibility index (Phi) is 11.9. The molecular formula is C44H52N8O6. The molecule has 3 fully saturated rings. The molecular weight excluding hydrogens is 737 g/mol. The Balaban J connectivity index is 0.990. The first-order chi connectivity index (χ1) is 27.9. The van der Waals surface area contributed by atoms with Gasteiger partial charge in [0.25, 0.3) is 0 Å². The van der Waals surface area contributed by atoms with Crippen molar-refractivity contribution in [2.24, 2.45) is 17.8 Å². The van der Waals surface area contributed by atoms with Gasteiger partial charge in [-0.05, 0) is 85.3 Å². The second-order valence-electron chi connectivity index (χ2n) is 16.1. The first kappa shape index (κ1) is 40.1. The molecule has 14 heteroatoms. The van der Waals surface area contributed by atoms with E-state index in [4.69, 9.17) is 14.5 Å². The maximum Gasteiger partial charge on any atom is 0.407 e. The molecule has 4 N–H and O–H groups in total. The van der Waals surface area contributed by atoms with Crippen molar-refractivity contribution in [2.75, 3.05) is 20.8 Å². The zero-order chi connectivity index (χ0) is 41.1. The van der Waals surface area contributed by atoms with Gasteiger partial charge in [-0.25, -0.2) is 19.6 Å². The van der Waals surface area contributed by atoms with Crippen molar-refractivity contribution in [2.45, 2.75) is 90.0 Å². The van der Waals surface area contributed by atoms with E-state index in [-0.39, 0.29) is 41.8 Å². The molecule has 1 aliphatic carbocycles. The lowest BCUT2D eigenvalue weighted by Crippen LogP contribution is -2.54. The minimum Gasteiger partial charge on any atom is -0.453 e. The van der Waals surface area contributed by atoms with Crippen LogP contribution in [0.25, 0.3) is 22.5 Å². The maximum absolute atomic E-state index is 13.9. The summed E-state index contributed by atoms with van der Waals surface area (Å²) in [7, 11) is 2.59. The summed E-state index contributed by atoms with van der Waals surface area (Å²) < 4.78 is 9.56. The van der Waals surface area contributed by atoms with Crippen LogP contribution in [0.5, 0.6) is 0 Å². The Bertz CT molecular complexity index is 2180. The highest BCUT2D eigenvalue weighted by Crippen LogP contribution is 2.50. The second-order valence-corrected chi connectivity index (χ2v) is 16.1. The van der Waals surface area contributed by atoms with E-state index >= 15 is 0 Å². The number of methoxy groups -OCH3 is 2. The van der Waals surface area contributed by atoms with Crippen molar-refractivity contribution in [3.8, 4) is 34.4 Å². The van der Waals surface area contributed by atoms with Crippen LogP contribution in [0.1, 0.15) is 94.7 Å².